The summed E-state index contributed by atoms with van der Waals surface area (Å²) in [6, 6.07) is 18.6. The Morgan fingerprint density at radius 2 is 1.74 bits per heavy atom. The second-order valence-electron chi connectivity index (χ2n) is 7.27. The quantitative estimate of drug-likeness (QED) is 0.283. The van der Waals surface area contributed by atoms with Crippen LogP contribution in [0, 0.1) is 17.1 Å². The fourth-order valence-electron chi connectivity index (χ4n) is 3.27. The van der Waals surface area contributed by atoms with Crippen LogP contribution in [0.3, 0.4) is 0 Å². The number of thioether (sulfide) groups is 1. The van der Waals surface area contributed by atoms with Gasteiger partial charge < -0.3 is 4.74 Å². The molecule has 2 amide bonds. The summed E-state index contributed by atoms with van der Waals surface area (Å²) in [4.78, 5) is 26.7. The van der Waals surface area contributed by atoms with Gasteiger partial charge in [0.25, 0.3) is 11.1 Å². The maximum atomic E-state index is 13.1. The van der Waals surface area contributed by atoms with Crippen LogP contribution >= 0.6 is 43.6 Å². The van der Waals surface area contributed by atoms with Crippen molar-refractivity contribution in [1.82, 2.24) is 4.90 Å². The molecule has 0 bridgehead atoms. The topological polar surface area (TPSA) is 70.4 Å². The molecule has 0 atom stereocenters. The smallest absolute Gasteiger partial charge is 0.293 e. The van der Waals surface area contributed by atoms with Crippen LogP contribution in [-0.4, -0.2) is 16.0 Å². The number of carbonyl (C=O) groups excluding carboxylic acids is 2. The fourth-order valence-corrected chi connectivity index (χ4v) is 5.56. The Morgan fingerprint density at radius 3 is 2.41 bits per heavy atom. The van der Waals surface area contributed by atoms with Crippen molar-refractivity contribution in [2.45, 2.75) is 13.2 Å². The number of nitrogens with zero attached hydrogens (tertiary/aromatic N) is 2. The minimum Gasteiger partial charge on any atom is -0.486 e. The van der Waals surface area contributed by atoms with Gasteiger partial charge in [-0.2, -0.15) is 5.26 Å². The number of hydrogen-bond acceptors (Lipinski definition) is 5. The van der Waals surface area contributed by atoms with Crippen molar-refractivity contribution >= 4 is 60.8 Å². The van der Waals surface area contributed by atoms with Crippen LogP contribution in [0.5, 0.6) is 5.75 Å². The molecule has 170 valence electrons. The summed E-state index contributed by atoms with van der Waals surface area (Å²) >= 11 is 7.85. The Bertz CT molecular complexity index is 1330. The van der Waals surface area contributed by atoms with Crippen molar-refractivity contribution in [1.29, 1.82) is 5.26 Å². The first-order valence-corrected chi connectivity index (χ1v) is 12.4. The van der Waals surface area contributed by atoms with Crippen LogP contribution in [0.4, 0.5) is 9.18 Å². The number of carbonyl (C=O) groups is 2. The number of nitriles is 1. The van der Waals surface area contributed by atoms with E-state index >= 15 is 0 Å². The number of hydrogen-bond donors (Lipinski definition) is 0. The van der Waals surface area contributed by atoms with Gasteiger partial charge in [0.05, 0.1) is 32.0 Å². The predicted molar refractivity (Wildman–Crippen MR) is 135 cm³/mol. The molecule has 0 aromatic heterocycles. The molecule has 3 aromatic carbocycles. The van der Waals surface area contributed by atoms with Crippen molar-refractivity contribution in [2.75, 3.05) is 0 Å². The van der Waals surface area contributed by atoms with Crippen LogP contribution in [0.15, 0.2) is 74.5 Å². The lowest BCUT2D eigenvalue weighted by Gasteiger charge is -2.13. The Kier molecular flexibility index (Phi) is 7.51. The molecule has 3 aromatic rings. The van der Waals surface area contributed by atoms with Crippen molar-refractivity contribution < 1.29 is 18.7 Å². The van der Waals surface area contributed by atoms with Crippen LogP contribution < -0.4 is 4.74 Å². The second-order valence-corrected chi connectivity index (χ2v) is 9.97. The maximum absolute atomic E-state index is 13.1. The average molecular weight is 602 g/mol. The van der Waals surface area contributed by atoms with Gasteiger partial charge >= 0.3 is 0 Å². The van der Waals surface area contributed by atoms with E-state index < -0.39 is 5.91 Å². The molecule has 0 aliphatic carbocycles. The van der Waals surface area contributed by atoms with Gasteiger partial charge in [0, 0.05) is 5.56 Å². The first kappa shape index (κ1) is 24.2. The van der Waals surface area contributed by atoms with Gasteiger partial charge in [-0.1, -0.05) is 30.3 Å². The predicted octanol–water partition coefficient (Wildman–Crippen LogP) is 7.04. The molecule has 1 aliphatic heterocycles. The average Bonchev–Trinajstić information content (AvgIpc) is 3.07. The molecular formula is C25H15Br2FN2O3S. The zero-order chi connectivity index (χ0) is 24.2. The molecule has 1 saturated heterocycles. The molecule has 4 rings (SSSR count). The molecule has 0 saturated carbocycles. The van der Waals surface area contributed by atoms with Gasteiger partial charge in [0.2, 0.25) is 0 Å². The van der Waals surface area contributed by atoms with Crippen LogP contribution in [-0.2, 0) is 17.9 Å². The highest BCUT2D eigenvalue weighted by atomic mass is 79.9. The van der Waals surface area contributed by atoms with Crippen LogP contribution in [0.1, 0.15) is 22.3 Å². The molecule has 1 aliphatic rings. The third-order valence-corrected chi connectivity index (χ3v) is 7.04. The van der Waals surface area contributed by atoms with E-state index in [1.807, 2.05) is 12.1 Å². The summed E-state index contributed by atoms with van der Waals surface area (Å²) in [6.45, 7) is 0.287. The minimum atomic E-state index is -0.403. The van der Waals surface area contributed by atoms with Gasteiger partial charge in [-0.15, -0.1) is 0 Å². The summed E-state index contributed by atoms with van der Waals surface area (Å²) in [6.07, 6.45) is 1.64. The van der Waals surface area contributed by atoms with Gasteiger partial charge in [-0.05, 0) is 91.2 Å². The van der Waals surface area contributed by atoms with E-state index in [1.54, 1.807) is 42.5 Å². The Labute approximate surface area is 216 Å². The van der Waals surface area contributed by atoms with E-state index in [0.717, 1.165) is 22.2 Å². The minimum absolute atomic E-state index is 0.0760. The lowest BCUT2D eigenvalue weighted by molar-refractivity contribution is -0.123. The molecule has 34 heavy (non-hydrogen) atoms. The number of halogens is 3. The van der Waals surface area contributed by atoms with E-state index in [-0.39, 0.29) is 24.2 Å². The standard InChI is InChI=1S/C25H15Br2FN2O3S/c26-20-9-16(10-21(27)23(20)33-14-18-4-2-1-3-17(18)12-29)11-22-24(31)30(25(32)34-22)13-15-5-7-19(28)8-6-15/h1-11H,13-14H2/b22-11-. The van der Waals surface area contributed by atoms with Crippen LogP contribution in [0.25, 0.3) is 6.08 Å². The lowest BCUT2D eigenvalue weighted by Crippen LogP contribution is -2.27. The summed E-state index contributed by atoms with van der Waals surface area (Å²) in [5.41, 5.74) is 2.66. The highest BCUT2D eigenvalue weighted by Crippen LogP contribution is 2.38. The summed E-state index contributed by atoms with van der Waals surface area (Å²) in [5, 5.41) is 8.87. The zero-order valence-corrected chi connectivity index (χ0v) is 21.4. The Hall–Kier alpha value is -2.93. The van der Waals surface area contributed by atoms with Gasteiger partial charge in [0.1, 0.15) is 18.2 Å². The first-order chi connectivity index (χ1) is 16.4. The number of rotatable bonds is 6. The number of amides is 2. The summed E-state index contributed by atoms with van der Waals surface area (Å²) in [5.74, 6) is -0.232. The molecule has 0 radical (unpaired) electrons. The number of benzene rings is 3. The van der Waals surface area contributed by atoms with E-state index in [4.69, 9.17) is 4.74 Å². The maximum Gasteiger partial charge on any atom is 0.293 e. The van der Waals surface area contributed by atoms with Crippen molar-refractivity contribution in [3.63, 3.8) is 0 Å². The highest BCUT2D eigenvalue weighted by Gasteiger charge is 2.35. The number of ether oxygens (including phenoxy) is 1. The van der Waals surface area contributed by atoms with E-state index in [0.29, 0.717) is 36.3 Å². The fraction of sp³-hybridized carbons (Fsp3) is 0.0800. The zero-order valence-electron chi connectivity index (χ0n) is 17.4. The van der Waals surface area contributed by atoms with E-state index in [1.165, 1.54) is 12.1 Å². The van der Waals surface area contributed by atoms with Gasteiger partial charge in [-0.25, -0.2) is 4.39 Å². The number of imide groups is 1. The van der Waals surface area contributed by atoms with E-state index in [9.17, 15) is 19.2 Å². The molecule has 1 fully saturated rings. The summed E-state index contributed by atoms with van der Waals surface area (Å²) < 4.78 is 20.3. The third kappa shape index (κ3) is 5.41. The normalized spacial score (nSPS) is 14.5. The van der Waals surface area contributed by atoms with Crippen LogP contribution in [0.2, 0.25) is 0 Å². The van der Waals surface area contributed by atoms with Gasteiger partial charge in [-0.3, -0.25) is 14.5 Å². The highest BCUT2D eigenvalue weighted by molar-refractivity contribution is 9.11. The Morgan fingerprint density at radius 1 is 1.06 bits per heavy atom. The van der Waals surface area contributed by atoms with Crippen molar-refractivity contribution in [3.8, 4) is 11.8 Å². The largest absolute Gasteiger partial charge is 0.486 e. The first-order valence-electron chi connectivity index (χ1n) is 9.95. The molecule has 0 unspecified atom stereocenters. The van der Waals surface area contributed by atoms with Crippen molar-refractivity contribution in [3.05, 3.63) is 103 Å². The lowest BCUT2D eigenvalue weighted by atomic mass is 10.1. The SMILES string of the molecule is N#Cc1ccccc1COc1c(Br)cc(/C=C2\SC(=O)N(Cc3ccc(F)cc3)C2=O)cc1Br. The second kappa shape index (κ2) is 10.6. The molecule has 1 heterocycles. The monoisotopic (exact) mass is 600 g/mol. The van der Waals surface area contributed by atoms with Crippen molar-refractivity contribution in [2.24, 2.45) is 0 Å². The molecular weight excluding hydrogens is 587 g/mol. The molecule has 5 nitrogen and oxygen atoms in total. The summed E-state index contributed by atoms with van der Waals surface area (Å²) in [7, 11) is 0. The molecule has 0 spiro atoms. The molecule has 9 heteroatoms. The van der Waals surface area contributed by atoms with E-state index in [2.05, 4.69) is 37.9 Å². The molecule has 0 N–H and O–H groups in total. The third-order valence-electron chi connectivity index (χ3n) is 4.96. The Balaban J connectivity index is 1.51. The van der Waals surface area contributed by atoms with Gasteiger partial charge in [0.15, 0.2) is 0 Å².